The molecule has 0 aliphatic carbocycles. The molecule has 0 spiro atoms. The van der Waals surface area contributed by atoms with Crippen LogP contribution in [-0.2, 0) is 0 Å². The Morgan fingerprint density at radius 2 is 1.26 bits per heavy atom. The smallest absolute Gasteiger partial charge is 0.120 e. The Balaban J connectivity index is 1.93. The Labute approximate surface area is 171 Å². The standard InChI is InChI=1S/C24H23ClOS/c1-24(2,3)26-20-14-16-21(17-15-20)27-23(19-12-8-5-9-13-19)22(25)18-10-6-4-7-11-18/h4-17H,1-3H3. The molecule has 1 nitrogen and oxygen atoms in total. The van der Waals surface area contributed by atoms with Crippen molar-refractivity contribution in [2.75, 3.05) is 0 Å². The minimum Gasteiger partial charge on any atom is -0.488 e. The lowest BCUT2D eigenvalue weighted by atomic mass is 10.1. The molecule has 0 amide bonds. The van der Waals surface area contributed by atoms with Gasteiger partial charge in [-0.3, -0.25) is 0 Å². The molecular formula is C24H23ClOS. The summed E-state index contributed by atoms with van der Waals surface area (Å²) in [7, 11) is 0. The molecule has 0 unspecified atom stereocenters. The molecule has 3 aromatic carbocycles. The van der Waals surface area contributed by atoms with Crippen molar-refractivity contribution in [3.8, 4) is 5.75 Å². The molecule has 0 aromatic heterocycles. The third-order valence-electron chi connectivity index (χ3n) is 3.73. The maximum absolute atomic E-state index is 6.81. The molecule has 0 radical (unpaired) electrons. The molecule has 0 aliphatic rings. The topological polar surface area (TPSA) is 9.23 Å². The van der Waals surface area contributed by atoms with Gasteiger partial charge < -0.3 is 4.74 Å². The maximum Gasteiger partial charge on any atom is 0.120 e. The predicted molar refractivity (Wildman–Crippen MR) is 118 cm³/mol. The molecule has 27 heavy (non-hydrogen) atoms. The van der Waals surface area contributed by atoms with E-state index in [2.05, 4.69) is 24.3 Å². The molecular weight excluding hydrogens is 372 g/mol. The van der Waals surface area contributed by atoms with Crippen LogP contribution in [0.5, 0.6) is 5.75 Å². The van der Waals surface area contributed by atoms with Gasteiger partial charge in [0, 0.05) is 9.80 Å². The molecule has 0 atom stereocenters. The SMILES string of the molecule is CC(C)(C)Oc1ccc(SC(=C(Cl)c2ccccc2)c2ccccc2)cc1. The average Bonchev–Trinajstić information content (AvgIpc) is 2.67. The van der Waals surface area contributed by atoms with Crippen LogP contribution >= 0.6 is 23.4 Å². The van der Waals surface area contributed by atoms with E-state index in [1.165, 1.54) is 0 Å². The first-order valence-electron chi connectivity index (χ1n) is 8.90. The van der Waals surface area contributed by atoms with Gasteiger partial charge in [0.25, 0.3) is 0 Å². The molecule has 3 aromatic rings. The summed E-state index contributed by atoms with van der Waals surface area (Å²) in [5.41, 5.74) is 1.91. The van der Waals surface area contributed by atoms with Crippen LogP contribution in [0.4, 0.5) is 0 Å². The normalized spacial score (nSPS) is 12.4. The highest BCUT2D eigenvalue weighted by molar-refractivity contribution is 8.08. The lowest BCUT2D eigenvalue weighted by Crippen LogP contribution is -2.22. The summed E-state index contributed by atoms with van der Waals surface area (Å²) in [5.74, 6) is 0.867. The summed E-state index contributed by atoms with van der Waals surface area (Å²) in [6.07, 6.45) is 0. The van der Waals surface area contributed by atoms with E-state index in [-0.39, 0.29) is 5.60 Å². The van der Waals surface area contributed by atoms with Crippen LogP contribution in [0.15, 0.2) is 89.8 Å². The highest BCUT2D eigenvalue weighted by Crippen LogP contribution is 2.42. The van der Waals surface area contributed by atoms with Crippen LogP contribution in [0.3, 0.4) is 0 Å². The number of halogens is 1. The molecule has 3 heteroatoms. The molecule has 0 saturated heterocycles. The Hall–Kier alpha value is -2.16. The number of thioether (sulfide) groups is 1. The van der Waals surface area contributed by atoms with Crippen LogP contribution in [0.25, 0.3) is 9.94 Å². The van der Waals surface area contributed by atoms with Gasteiger partial charge in [-0.15, -0.1) is 0 Å². The van der Waals surface area contributed by atoms with E-state index in [0.717, 1.165) is 31.7 Å². The third kappa shape index (κ3) is 5.66. The third-order valence-corrected chi connectivity index (χ3v) is 5.40. The maximum atomic E-state index is 6.81. The first-order valence-corrected chi connectivity index (χ1v) is 10.1. The van der Waals surface area contributed by atoms with Gasteiger partial charge >= 0.3 is 0 Å². The van der Waals surface area contributed by atoms with Crippen LogP contribution in [0, 0.1) is 0 Å². The summed E-state index contributed by atoms with van der Waals surface area (Å²) >= 11 is 8.47. The van der Waals surface area contributed by atoms with Crippen molar-refractivity contribution >= 4 is 33.3 Å². The summed E-state index contributed by atoms with van der Waals surface area (Å²) < 4.78 is 5.92. The molecule has 0 fully saturated rings. The monoisotopic (exact) mass is 394 g/mol. The van der Waals surface area contributed by atoms with Crippen molar-refractivity contribution in [2.45, 2.75) is 31.3 Å². The van der Waals surface area contributed by atoms with Crippen LogP contribution in [0.1, 0.15) is 31.9 Å². The fourth-order valence-corrected chi connectivity index (χ4v) is 3.90. The van der Waals surface area contributed by atoms with E-state index >= 15 is 0 Å². The second-order valence-corrected chi connectivity index (χ2v) is 8.62. The molecule has 0 heterocycles. The number of benzene rings is 3. The number of hydrogen-bond donors (Lipinski definition) is 0. The van der Waals surface area contributed by atoms with Gasteiger partial charge in [0.15, 0.2) is 0 Å². The fourth-order valence-electron chi connectivity index (χ4n) is 2.58. The zero-order valence-electron chi connectivity index (χ0n) is 15.8. The van der Waals surface area contributed by atoms with Gasteiger partial charge in [-0.25, -0.2) is 0 Å². The molecule has 0 aliphatic heterocycles. The largest absolute Gasteiger partial charge is 0.488 e. The number of ether oxygens (including phenoxy) is 1. The van der Waals surface area contributed by atoms with Gasteiger partial charge in [-0.05, 0) is 56.2 Å². The van der Waals surface area contributed by atoms with Gasteiger partial charge in [-0.2, -0.15) is 0 Å². The second kappa shape index (κ2) is 8.69. The van der Waals surface area contributed by atoms with Crippen molar-refractivity contribution in [1.82, 2.24) is 0 Å². The zero-order valence-corrected chi connectivity index (χ0v) is 17.3. The first-order chi connectivity index (χ1) is 12.9. The van der Waals surface area contributed by atoms with E-state index in [4.69, 9.17) is 16.3 Å². The first kappa shape index (κ1) is 19.6. The molecule has 138 valence electrons. The van der Waals surface area contributed by atoms with Crippen molar-refractivity contribution in [3.05, 3.63) is 96.1 Å². The van der Waals surface area contributed by atoms with Gasteiger partial charge in [0.2, 0.25) is 0 Å². The fraction of sp³-hybridized carbons (Fsp3) is 0.167. The van der Waals surface area contributed by atoms with Gasteiger partial charge in [-0.1, -0.05) is 84.0 Å². The quantitative estimate of drug-likeness (QED) is 0.323. The summed E-state index contributed by atoms with van der Waals surface area (Å²) in [6.45, 7) is 6.14. The molecule has 0 saturated carbocycles. The summed E-state index contributed by atoms with van der Waals surface area (Å²) in [4.78, 5) is 2.15. The highest BCUT2D eigenvalue weighted by Gasteiger charge is 2.14. The molecule has 3 rings (SSSR count). The average molecular weight is 395 g/mol. The van der Waals surface area contributed by atoms with Gasteiger partial charge in [0.05, 0.1) is 5.03 Å². The van der Waals surface area contributed by atoms with E-state index in [1.54, 1.807) is 11.8 Å². The Kier molecular flexibility index (Phi) is 6.30. The lowest BCUT2D eigenvalue weighted by Gasteiger charge is -2.21. The predicted octanol–water partition coefficient (Wildman–Crippen LogP) is 7.72. The molecule has 0 N–H and O–H groups in total. The Bertz CT molecular complexity index is 895. The highest BCUT2D eigenvalue weighted by atomic mass is 35.5. The summed E-state index contributed by atoms with van der Waals surface area (Å²) in [5, 5.41) is 0.752. The summed E-state index contributed by atoms with van der Waals surface area (Å²) in [6, 6.07) is 28.5. The lowest BCUT2D eigenvalue weighted by molar-refractivity contribution is 0.131. The second-order valence-electron chi connectivity index (χ2n) is 7.16. The van der Waals surface area contributed by atoms with Crippen LogP contribution < -0.4 is 4.74 Å². The van der Waals surface area contributed by atoms with E-state index in [9.17, 15) is 0 Å². The van der Waals surface area contributed by atoms with Gasteiger partial charge in [0.1, 0.15) is 11.4 Å². The van der Waals surface area contributed by atoms with E-state index in [0.29, 0.717) is 0 Å². The van der Waals surface area contributed by atoms with Crippen LogP contribution in [-0.4, -0.2) is 5.60 Å². The minimum atomic E-state index is -0.208. The Morgan fingerprint density at radius 3 is 1.78 bits per heavy atom. The number of rotatable bonds is 5. The van der Waals surface area contributed by atoms with E-state index in [1.807, 2.05) is 81.4 Å². The van der Waals surface area contributed by atoms with E-state index < -0.39 is 0 Å². The van der Waals surface area contributed by atoms with Crippen LogP contribution in [0.2, 0.25) is 0 Å². The number of hydrogen-bond acceptors (Lipinski definition) is 2. The van der Waals surface area contributed by atoms with Crippen molar-refractivity contribution in [1.29, 1.82) is 0 Å². The molecule has 0 bridgehead atoms. The van der Waals surface area contributed by atoms with Crippen molar-refractivity contribution in [3.63, 3.8) is 0 Å². The van der Waals surface area contributed by atoms with Crippen molar-refractivity contribution < 1.29 is 4.74 Å². The Morgan fingerprint density at radius 1 is 0.741 bits per heavy atom. The van der Waals surface area contributed by atoms with Crippen molar-refractivity contribution in [2.24, 2.45) is 0 Å². The minimum absolute atomic E-state index is 0.208. The zero-order chi connectivity index (χ0) is 19.3.